The number of methoxy groups -OCH3 is 1. The molecule has 0 saturated carbocycles. The van der Waals surface area contributed by atoms with Crippen LogP contribution in [-0.2, 0) is 9.53 Å². The second kappa shape index (κ2) is 11.4. The fraction of sp³-hybridized carbons (Fsp3) is 0.179. The third kappa shape index (κ3) is 6.14. The van der Waals surface area contributed by atoms with E-state index < -0.39 is 6.16 Å². The first-order valence-corrected chi connectivity index (χ1v) is 11.7. The van der Waals surface area contributed by atoms with E-state index in [0.717, 1.165) is 12.1 Å². The predicted molar refractivity (Wildman–Crippen MR) is 142 cm³/mol. The van der Waals surface area contributed by atoms with Crippen molar-refractivity contribution in [1.29, 1.82) is 0 Å². The van der Waals surface area contributed by atoms with Crippen LogP contribution < -0.4 is 20.7 Å². The SMILES string of the molecule is COC(=O)Oc1ccc2c(c1)NC(=O)/C2=C(\Nc1cccc(C(=O)NCCN(C)C)c1)c1ccccc1. The van der Waals surface area contributed by atoms with E-state index in [1.54, 1.807) is 36.4 Å². The molecule has 9 heteroatoms. The molecule has 3 aromatic carbocycles. The molecule has 0 unspecified atom stereocenters. The van der Waals surface area contributed by atoms with Crippen molar-refractivity contribution in [1.82, 2.24) is 10.2 Å². The molecule has 9 nitrogen and oxygen atoms in total. The highest BCUT2D eigenvalue weighted by atomic mass is 16.7. The Hall–Kier alpha value is -4.63. The fourth-order valence-corrected chi connectivity index (χ4v) is 3.86. The summed E-state index contributed by atoms with van der Waals surface area (Å²) in [6, 6.07) is 21.4. The van der Waals surface area contributed by atoms with E-state index in [-0.39, 0.29) is 17.6 Å². The zero-order valence-corrected chi connectivity index (χ0v) is 20.8. The predicted octanol–water partition coefficient (Wildman–Crippen LogP) is 4.06. The minimum atomic E-state index is -0.850. The van der Waals surface area contributed by atoms with Crippen LogP contribution in [0.25, 0.3) is 11.3 Å². The summed E-state index contributed by atoms with van der Waals surface area (Å²) < 4.78 is 9.63. The molecule has 0 aromatic heterocycles. The lowest BCUT2D eigenvalue weighted by molar-refractivity contribution is -0.110. The van der Waals surface area contributed by atoms with Crippen molar-refractivity contribution in [3.63, 3.8) is 0 Å². The summed E-state index contributed by atoms with van der Waals surface area (Å²) in [6.45, 7) is 1.26. The number of ether oxygens (including phenoxy) is 2. The van der Waals surface area contributed by atoms with Crippen LogP contribution in [0.15, 0.2) is 72.8 Å². The highest BCUT2D eigenvalue weighted by molar-refractivity contribution is 6.37. The number of rotatable bonds is 8. The van der Waals surface area contributed by atoms with Crippen molar-refractivity contribution in [2.24, 2.45) is 0 Å². The molecule has 2 amide bonds. The Balaban J connectivity index is 1.69. The number of nitrogens with zero attached hydrogens (tertiary/aromatic N) is 1. The smallest absolute Gasteiger partial charge is 0.437 e. The van der Waals surface area contributed by atoms with Gasteiger partial charge in [0.2, 0.25) is 0 Å². The van der Waals surface area contributed by atoms with Crippen molar-refractivity contribution in [2.45, 2.75) is 0 Å². The van der Waals surface area contributed by atoms with Gasteiger partial charge in [-0.3, -0.25) is 9.59 Å². The summed E-state index contributed by atoms with van der Waals surface area (Å²) in [6.07, 6.45) is -0.850. The molecule has 0 bridgehead atoms. The number of carbonyl (C=O) groups excluding carboxylic acids is 3. The molecule has 0 spiro atoms. The van der Waals surface area contributed by atoms with E-state index in [4.69, 9.17) is 4.74 Å². The molecule has 3 N–H and O–H groups in total. The first-order chi connectivity index (χ1) is 17.9. The van der Waals surface area contributed by atoms with Crippen LogP contribution in [0.2, 0.25) is 0 Å². The molecule has 0 atom stereocenters. The maximum atomic E-state index is 13.2. The van der Waals surface area contributed by atoms with Crippen molar-refractivity contribution < 1.29 is 23.9 Å². The van der Waals surface area contributed by atoms with E-state index in [9.17, 15) is 14.4 Å². The summed E-state index contributed by atoms with van der Waals surface area (Å²) >= 11 is 0. The number of carbonyl (C=O) groups is 3. The Labute approximate surface area is 215 Å². The normalized spacial score (nSPS) is 13.5. The van der Waals surface area contributed by atoms with Gasteiger partial charge in [0.25, 0.3) is 11.8 Å². The zero-order valence-electron chi connectivity index (χ0n) is 20.8. The molecule has 1 aliphatic heterocycles. The maximum absolute atomic E-state index is 13.2. The van der Waals surface area contributed by atoms with Crippen LogP contribution in [0.1, 0.15) is 21.5 Å². The number of nitrogens with one attached hydrogen (secondary N) is 3. The van der Waals surface area contributed by atoms with Gasteiger partial charge < -0.3 is 30.3 Å². The Bertz CT molecular complexity index is 1350. The molecule has 4 rings (SSSR count). The Morgan fingerprint density at radius 2 is 1.70 bits per heavy atom. The highest BCUT2D eigenvalue weighted by Crippen LogP contribution is 2.39. The van der Waals surface area contributed by atoms with Crippen LogP contribution in [-0.4, -0.2) is 57.2 Å². The Morgan fingerprint density at radius 3 is 2.43 bits per heavy atom. The van der Waals surface area contributed by atoms with Gasteiger partial charge in [-0.1, -0.05) is 36.4 Å². The topological polar surface area (TPSA) is 109 Å². The lowest BCUT2D eigenvalue weighted by atomic mass is 9.99. The second-order valence-corrected chi connectivity index (χ2v) is 8.60. The number of hydrogen-bond donors (Lipinski definition) is 3. The van der Waals surface area contributed by atoms with Crippen LogP contribution >= 0.6 is 0 Å². The zero-order chi connectivity index (χ0) is 26.4. The lowest BCUT2D eigenvalue weighted by Crippen LogP contribution is -2.31. The number of fused-ring (bicyclic) bond motifs is 1. The van der Waals surface area contributed by atoms with Crippen molar-refractivity contribution in [3.8, 4) is 5.75 Å². The molecular weight excluding hydrogens is 472 g/mol. The largest absolute Gasteiger partial charge is 0.513 e. The molecule has 1 heterocycles. The van der Waals surface area contributed by atoms with E-state index in [1.807, 2.05) is 55.4 Å². The van der Waals surface area contributed by atoms with Gasteiger partial charge in [0.05, 0.1) is 24.1 Å². The van der Waals surface area contributed by atoms with E-state index in [2.05, 4.69) is 20.7 Å². The van der Waals surface area contributed by atoms with Gasteiger partial charge in [-0.25, -0.2) is 4.79 Å². The molecule has 0 fully saturated rings. The van der Waals surface area contributed by atoms with Crippen molar-refractivity contribution in [3.05, 3.63) is 89.5 Å². The quantitative estimate of drug-likeness (QED) is 0.243. The molecule has 190 valence electrons. The molecular formula is C28H28N4O5. The summed E-state index contributed by atoms with van der Waals surface area (Å²) in [5.74, 6) is -0.245. The minimum Gasteiger partial charge on any atom is -0.437 e. The van der Waals surface area contributed by atoms with Crippen LogP contribution in [0.5, 0.6) is 5.75 Å². The lowest BCUT2D eigenvalue weighted by Gasteiger charge is -2.16. The average Bonchev–Trinajstić information content (AvgIpc) is 3.22. The highest BCUT2D eigenvalue weighted by Gasteiger charge is 2.29. The number of hydrogen-bond acceptors (Lipinski definition) is 7. The van der Waals surface area contributed by atoms with Gasteiger partial charge in [-0.2, -0.15) is 0 Å². The van der Waals surface area contributed by atoms with Gasteiger partial charge in [0, 0.05) is 36.0 Å². The van der Waals surface area contributed by atoms with E-state index in [1.165, 1.54) is 7.11 Å². The molecule has 0 aliphatic carbocycles. The van der Waals surface area contributed by atoms with E-state index >= 15 is 0 Å². The minimum absolute atomic E-state index is 0.179. The average molecular weight is 501 g/mol. The van der Waals surface area contributed by atoms with Gasteiger partial charge in [0.15, 0.2) is 0 Å². The second-order valence-electron chi connectivity index (χ2n) is 8.60. The number of amides is 2. The van der Waals surface area contributed by atoms with Gasteiger partial charge in [-0.05, 0) is 50.0 Å². The van der Waals surface area contributed by atoms with Crippen LogP contribution in [0, 0.1) is 0 Å². The van der Waals surface area contributed by atoms with Crippen LogP contribution in [0.3, 0.4) is 0 Å². The summed E-state index contributed by atoms with van der Waals surface area (Å²) in [5.41, 5.74) is 4.09. The first kappa shape index (κ1) is 25.5. The summed E-state index contributed by atoms with van der Waals surface area (Å²) in [4.78, 5) is 39.3. The first-order valence-electron chi connectivity index (χ1n) is 11.7. The van der Waals surface area contributed by atoms with Gasteiger partial charge in [0.1, 0.15) is 5.75 Å². The Kier molecular flexibility index (Phi) is 7.85. The fourth-order valence-electron chi connectivity index (χ4n) is 3.86. The molecule has 3 aromatic rings. The number of benzene rings is 3. The molecule has 1 aliphatic rings. The van der Waals surface area contributed by atoms with E-state index in [0.29, 0.717) is 40.3 Å². The Morgan fingerprint density at radius 1 is 0.946 bits per heavy atom. The summed E-state index contributed by atoms with van der Waals surface area (Å²) in [7, 11) is 5.11. The summed E-state index contributed by atoms with van der Waals surface area (Å²) in [5, 5.41) is 9.11. The van der Waals surface area contributed by atoms with Crippen molar-refractivity contribution in [2.75, 3.05) is 44.9 Å². The maximum Gasteiger partial charge on any atom is 0.513 e. The third-order valence-electron chi connectivity index (χ3n) is 5.65. The molecule has 37 heavy (non-hydrogen) atoms. The standard InChI is InChI=1S/C28H28N4O5/c1-32(2)15-14-29-26(33)19-10-7-11-20(16-19)30-25(18-8-5-4-6-9-18)24-22-13-12-21(37-28(35)36-3)17-23(22)31-27(24)34/h4-13,16-17,30H,14-15H2,1-3H3,(H,29,33)(H,31,34)/b25-24-. The monoisotopic (exact) mass is 500 g/mol. The molecule has 0 radical (unpaired) electrons. The van der Waals surface area contributed by atoms with Gasteiger partial charge in [-0.15, -0.1) is 0 Å². The third-order valence-corrected chi connectivity index (χ3v) is 5.65. The van der Waals surface area contributed by atoms with Gasteiger partial charge >= 0.3 is 6.16 Å². The number of anilines is 2. The van der Waals surface area contributed by atoms with Crippen molar-refractivity contribution >= 4 is 40.6 Å². The number of likely N-dealkylation sites (N-methyl/N-ethyl adjacent to an activating group) is 1. The molecule has 0 saturated heterocycles. The van der Waals surface area contributed by atoms with Crippen LogP contribution in [0.4, 0.5) is 16.2 Å².